The first-order chi connectivity index (χ1) is 9.11. The normalized spacial score (nSPS) is 27.6. The third-order valence-corrected chi connectivity index (χ3v) is 3.53. The van der Waals surface area contributed by atoms with Gasteiger partial charge in [0.1, 0.15) is 10.9 Å². The molecule has 0 heterocycles. The van der Waals surface area contributed by atoms with E-state index in [1.807, 2.05) is 37.3 Å². The van der Waals surface area contributed by atoms with E-state index in [1.54, 1.807) is 0 Å². The predicted octanol–water partition coefficient (Wildman–Crippen LogP) is 3.24. The monoisotopic (exact) mass is 258 g/mol. The second-order valence-corrected chi connectivity index (χ2v) is 5.22. The summed E-state index contributed by atoms with van der Waals surface area (Å²) in [5.74, 6) is 1.29. The molecule has 0 saturated heterocycles. The molecule has 0 radical (unpaired) electrons. The molecule has 100 valence electrons. The van der Waals surface area contributed by atoms with Gasteiger partial charge >= 0.3 is 0 Å². The Balaban J connectivity index is 2.06. The quantitative estimate of drug-likeness (QED) is 0.383. The summed E-state index contributed by atoms with van der Waals surface area (Å²) < 4.78 is 5.72. The molecule has 2 rings (SSSR count). The van der Waals surface area contributed by atoms with E-state index >= 15 is 0 Å². The number of hydrogen-bond acceptors (Lipinski definition) is 3. The molecule has 1 aliphatic rings. The first-order valence-corrected chi connectivity index (χ1v) is 6.50. The van der Waals surface area contributed by atoms with Crippen LogP contribution in [0.5, 0.6) is 5.75 Å². The Bertz CT molecular complexity index is 479. The summed E-state index contributed by atoms with van der Waals surface area (Å²) in [7, 11) is 0. The predicted molar refractivity (Wildman–Crippen MR) is 73.7 cm³/mol. The van der Waals surface area contributed by atoms with Gasteiger partial charge in [0.15, 0.2) is 0 Å². The molecule has 0 spiro atoms. The van der Waals surface area contributed by atoms with Crippen molar-refractivity contribution in [3.8, 4) is 5.75 Å². The van der Waals surface area contributed by atoms with Gasteiger partial charge < -0.3 is 9.84 Å². The van der Waals surface area contributed by atoms with Gasteiger partial charge in [0.25, 0.3) is 5.90 Å². The molecule has 1 aromatic rings. The minimum absolute atomic E-state index is 0.120. The third kappa shape index (κ3) is 3.80. The lowest BCUT2D eigenvalue weighted by atomic mass is 9.80. The number of rotatable bonds is 2. The van der Waals surface area contributed by atoms with E-state index in [1.165, 1.54) is 0 Å². The molecule has 19 heavy (non-hydrogen) atoms. The van der Waals surface area contributed by atoms with Crippen molar-refractivity contribution in [2.45, 2.75) is 38.2 Å². The zero-order chi connectivity index (χ0) is 13.7. The van der Waals surface area contributed by atoms with Gasteiger partial charge in [-0.05, 0) is 44.7 Å². The summed E-state index contributed by atoms with van der Waals surface area (Å²) in [5, 5.41) is 13.7. The number of hydrogen-bond donors (Lipinski definition) is 1. The van der Waals surface area contributed by atoms with E-state index in [0.717, 1.165) is 12.8 Å². The van der Waals surface area contributed by atoms with Crippen LogP contribution < -0.4 is 4.74 Å². The summed E-state index contributed by atoms with van der Waals surface area (Å²) in [5.41, 5.74) is -0.591. The second kappa shape index (κ2) is 5.85. The van der Waals surface area contributed by atoms with E-state index < -0.39 is 5.60 Å². The molecule has 1 N–H and O–H groups in total. The highest BCUT2D eigenvalue weighted by Crippen LogP contribution is 2.33. The fourth-order valence-electron chi connectivity index (χ4n) is 2.33. The first-order valence-electron chi connectivity index (χ1n) is 6.50. The van der Waals surface area contributed by atoms with Crippen LogP contribution in [0.25, 0.3) is 4.95 Å². The van der Waals surface area contributed by atoms with Gasteiger partial charge in [-0.2, -0.15) is 6.57 Å². The maximum atomic E-state index is 9.95. The Morgan fingerprint density at radius 3 is 2.58 bits per heavy atom. The lowest BCUT2D eigenvalue weighted by molar-refractivity contribution is 0.0145. The van der Waals surface area contributed by atoms with Crippen molar-refractivity contribution in [1.29, 1.82) is 0 Å². The Labute approximate surface area is 113 Å². The molecule has 4 nitrogen and oxygen atoms in total. The average Bonchev–Trinajstić information content (AvgIpc) is 2.39. The van der Waals surface area contributed by atoms with Gasteiger partial charge in [-0.15, -0.1) is 4.95 Å². The van der Waals surface area contributed by atoms with Crippen LogP contribution >= 0.6 is 0 Å². The lowest BCUT2D eigenvalue weighted by Crippen LogP contribution is -2.34. The van der Waals surface area contributed by atoms with Crippen LogP contribution in [-0.4, -0.2) is 16.6 Å². The highest BCUT2D eigenvalue weighted by molar-refractivity contribution is 5.81. The van der Waals surface area contributed by atoms with Crippen molar-refractivity contribution in [1.82, 2.24) is 0 Å². The number of para-hydroxylation sites is 1. The fraction of sp³-hybridized carbons (Fsp3) is 0.467. The maximum absolute atomic E-state index is 9.95. The van der Waals surface area contributed by atoms with Crippen molar-refractivity contribution in [2.24, 2.45) is 11.0 Å². The highest BCUT2D eigenvalue weighted by Gasteiger charge is 2.33. The van der Waals surface area contributed by atoms with Crippen LogP contribution in [0.3, 0.4) is 0 Å². The molecule has 1 aliphatic carbocycles. The number of ether oxygens (including phenoxy) is 1. The molecule has 0 bridgehead atoms. The molecule has 0 amide bonds. The number of aliphatic hydroxyl groups is 1. The minimum atomic E-state index is -0.591. The summed E-state index contributed by atoms with van der Waals surface area (Å²) in [6.45, 7) is 8.76. The smallest absolute Gasteiger partial charge is 0.278 e. The topological polar surface area (TPSA) is 46.2 Å². The van der Waals surface area contributed by atoms with Crippen molar-refractivity contribution in [3.63, 3.8) is 0 Å². The van der Waals surface area contributed by atoms with E-state index in [2.05, 4.69) is 10.1 Å². The molecule has 0 aromatic heterocycles. The SMILES string of the molecule is [C-]#[N+]/N=C(/Oc1ccccc1)C1CCC(C)(O)CC1. The summed E-state index contributed by atoms with van der Waals surface area (Å²) in [6.07, 6.45) is 3.03. The largest absolute Gasteiger partial charge is 0.437 e. The van der Waals surface area contributed by atoms with Crippen molar-refractivity contribution in [3.05, 3.63) is 41.9 Å². The standard InChI is InChI=1S/C15H18N2O2/c1-15(18)10-8-12(9-11-15)14(17-16-2)19-13-6-4-3-5-7-13/h3-7,12,18H,8-11H2,1H3/b17-14+. The molecule has 1 saturated carbocycles. The van der Waals surface area contributed by atoms with Gasteiger partial charge in [0, 0.05) is 5.92 Å². The van der Waals surface area contributed by atoms with Crippen LogP contribution in [0.1, 0.15) is 32.6 Å². The second-order valence-electron chi connectivity index (χ2n) is 5.22. The van der Waals surface area contributed by atoms with Crippen molar-refractivity contribution < 1.29 is 9.84 Å². The molecule has 0 atom stereocenters. The van der Waals surface area contributed by atoms with Crippen LogP contribution in [0.15, 0.2) is 35.4 Å². The number of nitrogens with zero attached hydrogens (tertiary/aromatic N) is 2. The molecule has 0 unspecified atom stereocenters. The Morgan fingerprint density at radius 1 is 1.37 bits per heavy atom. The molecule has 4 heteroatoms. The minimum Gasteiger partial charge on any atom is -0.437 e. The van der Waals surface area contributed by atoms with E-state index in [0.29, 0.717) is 24.5 Å². The maximum Gasteiger partial charge on any atom is 0.278 e. The van der Waals surface area contributed by atoms with E-state index in [4.69, 9.17) is 11.3 Å². The van der Waals surface area contributed by atoms with Gasteiger partial charge in [-0.25, -0.2) is 0 Å². The molecular formula is C15H18N2O2. The Hall–Kier alpha value is -1.86. The van der Waals surface area contributed by atoms with Crippen molar-refractivity contribution >= 4 is 5.90 Å². The van der Waals surface area contributed by atoms with Gasteiger partial charge in [-0.3, -0.25) is 0 Å². The van der Waals surface area contributed by atoms with Gasteiger partial charge in [-0.1, -0.05) is 18.2 Å². The van der Waals surface area contributed by atoms with Gasteiger partial charge in [0.05, 0.1) is 5.60 Å². The molecule has 1 aromatic carbocycles. The molecule has 0 aliphatic heterocycles. The van der Waals surface area contributed by atoms with Crippen LogP contribution in [-0.2, 0) is 0 Å². The van der Waals surface area contributed by atoms with E-state index in [9.17, 15) is 5.11 Å². The van der Waals surface area contributed by atoms with Gasteiger partial charge in [0.2, 0.25) is 0 Å². The number of benzene rings is 1. The van der Waals surface area contributed by atoms with Crippen LogP contribution in [0, 0.1) is 12.5 Å². The zero-order valence-corrected chi connectivity index (χ0v) is 11.0. The van der Waals surface area contributed by atoms with Crippen LogP contribution in [0.4, 0.5) is 0 Å². The molecule has 1 fully saturated rings. The average molecular weight is 258 g/mol. The Morgan fingerprint density at radius 2 is 2.00 bits per heavy atom. The summed E-state index contributed by atoms with van der Waals surface area (Å²) in [4.78, 5) is 3.09. The Kier molecular flexibility index (Phi) is 4.18. The van der Waals surface area contributed by atoms with E-state index in [-0.39, 0.29) is 5.92 Å². The summed E-state index contributed by atoms with van der Waals surface area (Å²) >= 11 is 0. The van der Waals surface area contributed by atoms with Crippen molar-refractivity contribution in [2.75, 3.05) is 0 Å². The third-order valence-electron chi connectivity index (χ3n) is 3.53. The molecular weight excluding hydrogens is 240 g/mol. The first kappa shape index (κ1) is 13.6. The lowest BCUT2D eigenvalue weighted by Gasteiger charge is -2.32. The van der Waals surface area contributed by atoms with Crippen LogP contribution in [0.2, 0.25) is 0 Å². The zero-order valence-electron chi connectivity index (χ0n) is 11.0. The summed E-state index contributed by atoms with van der Waals surface area (Å²) in [6, 6.07) is 9.38. The highest BCUT2D eigenvalue weighted by atomic mass is 16.5. The fourth-order valence-corrected chi connectivity index (χ4v) is 2.33.